The molecule has 0 aliphatic rings. The Kier molecular flexibility index (Phi) is 5.59. The summed E-state index contributed by atoms with van der Waals surface area (Å²) in [6, 6.07) is 15.3. The minimum Gasteiger partial charge on any atom is -0.496 e. The molecule has 1 unspecified atom stereocenters. The molecule has 0 saturated carbocycles. The van der Waals surface area contributed by atoms with Gasteiger partial charge in [0.1, 0.15) is 5.75 Å². The minimum absolute atomic E-state index is 0.160. The fourth-order valence-corrected chi connectivity index (χ4v) is 2.30. The average molecular weight is 297 g/mol. The van der Waals surface area contributed by atoms with E-state index in [0.717, 1.165) is 12.1 Å². The van der Waals surface area contributed by atoms with Gasteiger partial charge < -0.3 is 10.1 Å². The molecule has 0 radical (unpaired) electrons. The van der Waals surface area contributed by atoms with Gasteiger partial charge in [-0.2, -0.15) is 0 Å². The molecule has 0 aromatic heterocycles. The molecule has 0 heterocycles. The van der Waals surface area contributed by atoms with Gasteiger partial charge in [-0.05, 0) is 42.2 Å². The van der Waals surface area contributed by atoms with Gasteiger partial charge in [0.2, 0.25) is 0 Å². The van der Waals surface area contributed by atoms with Crippen LogP contribution in [0.2, 0.25) is 0 Å². The van der Waals surface area contributed by atoms with Gasteiger partial charge in [0, 0.05) is 5.69 Å². The summed E-state index contributed by atoms with van der Waals surface area (Å²) in [6.45, 7) is 4.45. The number of carbonyl (C=O) groups is 1. The maximum atomic E-state index is 12.3. The van der Waals surface area contributed by atoms with Gasteiger partial charge in [-0.15, -0.1) is 0 Å². The van der Waals surface area contributed by atoms with Crippen molar-refractivity contribution in [3.05, 3.63) is 59.7 Å². The van der Waals surface area contributed by atoms with Crippen LogP contribution in [0.5, 0.6) is 5.75 Å². The summed E-state index contributed by atoms with van der Waals surface area (Å²) in [6.07, 6.45) is 2.24. The van der Waals surface area contributed by atoms with Gasteiger partial charge >= 0.3 is 0 Å². The topological polar surface area (TPSA) is 38.3 Å². The summed E-state index contributed by atoms with van der Waals surface area (Å²) in [5.74, 6) is 1.09. The molecule has 2 aromatic rings. The number of hydrogen-bond acceptors (Lipinski definition) is 2. The fourth-order valence-electron chi connectivity index (χ4n) is 2.30. The first-order valence-electron chi connectivity index (χ1n) is 7.67. The highest BCUT2D eigenvalue weighted by molar-refractivity contribution is 6.06. The number of ether oxygens (including phenoxy) is 1. The van der Waals surface area contributed by atoms with Gasteiger partial charge in [-0.25, -0.2) is 0 Å². The monoisotopic (exact) mass is 297 g/mol. The number of benzene rings is 2. The summed E-state index contributed by atoms with van der Waals surface area (Å²) in [5, 5.41) is 2.91. The van der Waals surface area contributed by atoms with Crippen LogP contribution in [-0.2, 0) is 6.42 Å². The van der Waals surface area contributed by atoms with E-state index in [1.165, 1.54) is 12.0 Å². The zero-order valence-electron chi connectivity index (χ0n) is 13.4. The predicted molar refractivity (Wildman–Crippen MR) is 90.5 cm³/mol. The van der Waals surface area contributed by atoms with Crippen molar-refractivity contribution >= 4 is 11.6 Å². The van der Waals surface area contributed by atoms with Gasteiger partial charge in [0.25, 0.3) is 5.91 Å². The van der Waals surface area contributed by atoms with E-state index in [1.54, 1.807) is 19.2 Å². The molecule has 0 aliphatic carbocycles. The number of methoxy groups -OCH3 is 1. The fraction of sp³-hybridized carbons (Fsp3) is 0.316. The number of amides is 1. The van der Waals surface area contributed by atoms with E-state index in [9.17, 15) is 4.79 Å². The van der Waals surface area contributed by atoms with E-state index in [4.69, 9.17) is 4.74 Å². The second-order valence-corrected chi connectivity index (χ2v) is 5.57. The summed E-state index contributed by atoms with van der Waals surface area (Å²) in [7, 11) is 1.57. The number of nitrogens with one attached hydrogen (secondary N) is 1. The molecule has 0 fully saturated rings. The summed E-state index contributed by atoms with van der Waals surface area (Å²) in [5.41, 5.74) is 2.63. The zero-order valence-corrected chi connectivity index (χ0v) is 13.4. The smallest absolute Gasteiger partial charge is 0.259 e. The molecule has 2 aromatic carbocycles. The first kappa shape index (κ1) is 16.1. The third-order valence-corrected chi connectivity index (χ3v) is 3.84. The van der Waals surface area contributed by atoms with Gasteiger partial charge in [0.15, 0.2) is 0 Å². The average Bonchev–Trinajstić information content (AvgIpc) is 2.56. The Labute approximate surface area is 132 Å². The Morgan fingerprint density at radius 1 is 1.14 bits per heavy atom. The highest BCUT2D eigenvalue weighted by atomic mass is 16.5. The summed E-state index contributed by atoms with van der Waals surface area (Å²) < 4.78 is 5.22. The molecular weight excluding hydrogens is 274 g/mol. The Morgan fingerprint density at radius 2 is 1.82 bits per heavy atom. The normalized spacial score (nSPS) is 11.8. The first-order valence-corrected chi connectivity index (χ1v) is 7.67. The lowest BCUT2D eigenvalue weighted by Crippen LogP contribution is -2.13. The van der Waals surface area contributed by atoms with E-state index < -0.39 is 0 Å². The molecule has 3 nitrogen and oxygen atoms in total. The number of hydrogen-bond donors (Lipinski definition) is 1. The lowest BCUT2D eigenvalue weighted by molar-refractivity contribution is 0.102. The van der Waals surface area contributed by atoms with Crippen molar-refractivity contribution in [1.82, 2.24) is 0 Å². The molecule has 1 atom stereocenters. The Balaban J connectivity index is 2.06. The second-order valence-electron chi connectivity index (χ2n) is 5.57. The van der Waals surface area contributed by atoms with E-state index in [0.29, 0.717) is 17.2 Å². The van der Waals surface area contributed by atoms with Crippen molar-refractivity contribution in [2.45, 2.75) is 26.7 Å². The number of rotatable bonds is 6. The Morgan fingerprint density at radius 3 is 2.45 bits per heavy atom. The van der Waals surface area contributed by atoms with E-state index in [2.05, 4.69) is 31.3 Å². The van der Waals surface area contributed by atoms with Crippen LogP contribution in [-0.4, -0.2) is 13.0 Å². The van der Waals surface area contributed by atoms with Crippen molar-refractivity contribution in [1.29, 1.82) is 0 Å². The van der Waals surface area contributed by atoms with E-state index in [-0.39, 0.29) is 5.91 Å². The van der Waals surface area contributed by atoms with Crippen molar-refractivity contribution < 1.29 is 9.53 Å². The van der Waals surface area contributed by atoms with Crippen LogP contribution in [0.25, 0.3) is 0 Å². The molecule has 2 rings (SSSR count). The van der Waals surface area contributed by atoms with E-state index >= 15 is 0 Å². The minimum atomic E-state index is -0.160. The second kappa shape index (κ2) is 7.64. The highest BCUT2D eigenvalue weighted by Gasteiger charge is 2.11. The molecule has 0 saturated heterocycles. The number of para-hydroxylation sites is 1. The van der Waals surface area contributed by atoms with Gasteiger partial charge in [-0.1, -0.05) is 44.5 Å². The highest BCUT2D eigenvalue weighted by Crippen LogP contribution is 2.20. The predicted octanol–water partition coefficient (Wildman–Crippen LogP) is 4.54. The molecule has 3 heteroatoms. The van der Waals surface area contributed by atoms with Crippen LogP contribution in [0.1, 0.15) is 36.2 Å². The number of anilines is 1. The quantitative estimate of drug-likeness (QED) is 0.850. The molecule has 116 valence electrons. The molecule has 0 aliphatic heterocycles. The van der Waals surface area contributed by atoms with Crippen LogP contribution in [0.3, 0.4) is 0 Å². The molecule has 22 heavy (non-hydrogen) atoms. The van der Waals surface area contributed by atoms with Gasteiger partial charge in [-0.3, -0.25) is 4.79 Å². The van der Waals surface area contributed by atoms with Crippen molar-refractivity contribution in [3.8, 4) is 5.75 Å². The molecule has 1 N–H and O–H groups in total. The van der Waals surface area contributed by atoms with Gasteiger partial charge in [0.05, 0.1) is 12.7 Å². The third-order valence-electron chi connectivity index (χ3n) is 3.84. The lowest BCUT2D eigenvalue weighted by atomic mass is 9.99. The summed E-state index contributed by atoms with van der Waals surface area (Å²) >= 11 is 0. The third kappa shape index (κ3) is 4.10. The SMILES string of the molecule is CCC(C)Cc1ccc(NC(=O)c2ccccc2OC)cc1. The summed E-state index contributed by atoms with van der Waals surface area (Å²) in [4.78, 5) is 12.3. The standard InChI is InChI=1S/C19H23NO2/c1-4-14(2)13-15-9-11-16(12-10-15)20-19(21)17-7-5-6-8-18(17)22-3/h5-12,14H,4,13H2,1-3H3,(H,20,21). The lowest BCUT2D eigenvalue weighted by Gasteiger charge is -2.11. The Hall–Kier alpha value is -2.29. The van der Waals surface area contributed by atoms with Crippen molar-refractivity contribution in [2.24, 2.45) is 5.92 Å². The maximum absolute atomic E-state index is 12.3. The van der Waals surface area contributed by atoms with Crippen LogP contribution in [0, 0.1) is 5.92 Å². The molecule has 0 spiro atoms. The first-order chi connectivity index (χ1) is 10.6. The molecule has 0 bridgehead atoms. The largest absolute Gasteiger partial charge is 0.496 e. The molecular formula is C19H23NO2. The van der Waals surface area contributed by atoms with E-state index in [1.807, 2.05) is 24.3 Å². The maximum Gasteiger partial charge on any atom is 0.259 e. The van der Waals surface area contributed by atoms with Crippen molar-refractivity contribution in [3.63, 3.8) is 0 Å². The number of carbonyl (C=O) groups excluding carboxylic acids is 1. The van der Waals surface area contributed by atoms with Crippen LogP contribution in [0.15, 0.2) is 48.5 Å². The van der Waals surface area contributed by atoms with Crippen LogP contribution < -0.4 is 10.1 Å². The van der Waals surface area contributed by atoms with Crippen LogP contribution in [0.4, 0.5) is 5.69 Å². The molecule has 1 amide bonds. The Bertz CT molecular complexity index is 620. The van der Waals surface area contributed by atoms with Crippen molar-refractivity contribution in [2.75, 3.05) is 12.4 Å². The van der Waals surface area contributed by atoms with Crippen LogP contribution >= 0.6 is 0 Å². The zero-order chi connectivity index (χ0) is 15.9.